The maximum absolute atomic E-state index is 13.4. The van der Waals surface area contributed by atoms with Crippen molar-refractivity contribution in [1.29, 1.82) is 0 Å². The summed E-state index contributed by atoms with van der Waals surface area (Å²) in [5.41, 5.74) is 4.44. The molecule has 2 amide bonds. The average molecular weight is 422 g/mol. The monoisotopic (exact) mass is 421 g/mol. The van der Waals surface area contributed by atoms with Crippen molar-refractivity contribution in [2.75, 3.05) is 30.3 Å². The Kier molecular flexibility index (Phi) is 7.49. The standard InChI is InChI=1S/C21H35N5O4/c1-6-8-12-26-16(22)15(17(27)23-20(26)30)25(7-2)18(28)14-10-9-11-24(13-14)19(29)21(3,4)5/h14H,6-13,22H2,1-5H3,(H,23,27,30). The second-order valence-electron chi connectivity index (χ2n) is 8.92. The van der Waals surface area contributed by atoms with Gasteiger partial charge in [0.2, 0.25) is 11.8 Å². The Morgan fingerprint density at radius 3 is 2.47 bits per heavy atom. The first-order chi connectivity index (χ1) is 14.0. The number of likely N-dealkylation sites (tertiary alicyclic amines) is 1. The number of carbonyl (C=O) groups is 2. The van der Waals surface area contributed by atoms with E-state index in [0.29, 0.717) is 26.1 Å². The average Bonchev–Trinajstić information content (AvgIpc) is 2.69. The zero-order chi connectivity index (χ0) is 22.6. The number of nitrogens with two attached hydrogens (primary N) is 1. The fraction of sp³-hybridized carbons (Fsp3) is 0.714. The molecule has 1 fully saturated rings. The summed E-state index contributed by atoms with van der Waals surface area (Å²) in [4.78, 5) is 56.2. The van der Waals surface area contributed by atoms with Crippen LogP contribution in [0.3, 0.4) is 0 Å². The van der Waals surface area contributed by atoms with E-state index in [4.69, 9.17) is 5.73 Å². The number of amides is 2. The van der Waals surface area contributed by atoms with Crippen molar-refractivity contribution in [3.8, 4) is 0 Å². The molecular weight excluding hydrogens is 386 g/mol. The molecule has 9 heteroatoms. The van der Waals surface area contributed by atoms with Gasteiger partial charge in [-0.25, -0.2) is 4.79 Å². The molecule has 1 aliphatic heterocycles. The van der Waals surface area contributed by atoms with Gasteiger partial charge < -0.3 is 15.5 Å². The second-order valence-corrected chi connectivity index (χ2v) is 8.92. The maximum Gasteiger partial charge on any atom is 0.330 e. The Hall–Kier alpha value is -2.58. The van der Waals surface area contributed by atoms with E-state index in [0.717, 1.165) is 19.3 Å². The lowest BCUT2D eigenvalue weighted by Gasteiger charge is -2.37. The third-order valence-corrected chi connectivity index (χ3v) is 5.50. The van der Waals surface area contributed by atoms with E-state index in [2.05, 4.69) is 4.98 Å². The summed E-state index contributed by atoms with van der Waals surface area (Å²) in [5.74, 6) is -0.652. The van der Waals surface area contributed by atoms with Gasteiger partial charge in [0.05, 0.1) is 5.92 Å². The van der Waals surface area contributed by atoms with E-state index in [1.54, 1.807) is 11.8 Å². The molecule has 1 aromatic rings. The zero-order valence-electron chi connectivity index (χ0n) is 18.8. The van der Waals surface area contributed by atoms with Crippen LogP contribution in [0.1, 0.15) is 60.3 Å². The molecule has 0 bridgehead atoms. The highest BCUT2D eigenvalue weighted by Gasteiger charge is 2.36. The number of carbonyl (C=O) groups excluding carboxylic acids is 2. The molecule has 2 heterocycles. The van der Waals surface area contributed by atoms with Gasteiger partial charge in [-0.3, -0.25) is 23.9 Å². The highest BCUT2D eigenvalue weighted by Crippen LogP contribution is 2.27. The molecule has 1 unspecified atom stereocenters. The van der Waals surface area contributed by atoms with Gasteiger partial charge in [0.25, 0.3) is 5.56 Å². The Morgan fingerprint density at radius 2 is 1.90 bits per heavy atom. The number of aromatic amines is 1. The highest BCUT2D eigenvalue weighted by atomic mass is 16.2. The first-order valence-corrected chi connectivity index (χ1v) is 10.8. The number of H-pyrrole nitrogens is 1. The van der Waals surface area contributed by atoms with E-state index >= 15 is 0 Å². The van der Waals surface area contributed by atoms with Crippen LogP contribution in [-0.4, -0.2) is 45.9 Å². The van der Waals surface area contributed by atoms with Crippen LogP contribution in [0.15, 0.2) is 9.59 Å². The summed E-state index contributed by atoms with van der Waals surface area (Å²) >= 11 is 0. The molecular formula is C21H35N5O4. The predicted molar refractivity (Wildman–Crippen MR) is 117 cm³/mol. The van der Waals surface area contributed by atoms with Crippen molar-refractivity contribution >= 4 is 23.3 Å². The SMILES string of the molecule is CCCCn1c(N)c(N(CC)C(=O)C2CCCN(C(=O)C(C)(C)C)C2)c(=O)[nH]c1=O. The molecule has 0 aromatic carbocycles. The van der Waals surface area contributed by atoms with Crippen molar-refractivity contribution in [2.45, 2.75) is 66.8 Å². The summed E-state index contributed by atoms with van der Waals surface area (Å²) in [6, 6.07) is 0. The Balaban J connectivity index is 2.36. The fourth-order valence-electron chi connectivity index (χ4n) is 3.86. The number of unbranched alkanes of at least 4 members (excludes halogenated alkanes) is 1. The first-order valence-electron chi connectivity index (χ1n) is 10.8. The maximum atomic E-state index is 13.4. The van der Waals surface area contributed by atoms with Gasteiger partial charge in [0, 0.05) is 31.6 Å². The first kappa shape index (κ1) is 23.7. The van der Waals surface area contributed by atoms with Crippen LogP contribution in [0, 0.1) is 11.3 Å². The summed E-state index contributed by atoms with van der Waals surface area (Å²) in [6.07, 6.45) is 2.94. The molecule has 1 saturated heterocycles. The van der Waals surface area contributed by atoms with Crippen LogP contribution in [0.4, 0.5) is 11.5 Å². The van der Waals surface area contributed by atoms with Crippen molar-refractivity contribution in [3.63, 3.8) is 0 Å². The second kappa shape index (κ2) is 9.49. The molecule has 1 aromatic heterocycles. The largest absolute Gasteiger partial charge is 0.383 e. The minimum Gasteiger partial charge on any atom is -0.383 e. The van der Waals surface area contributed by atoms with E-state index in [9.17, 15) is 19.2 Å². The Bertz CT molecular complexity index is 896. The number of hydrogen-bond donors (Lipinski definition) is 2. The van der Waals surface area contributed by atoms with Crippen LogP contribution in [0.25, 0.3) is 0 Å². The number of aromatic nitrogens is 2. The van der Waals surface area contributed by atoms with Gasteiger partial charge in [0.1, 0.15) is 5.82 Å². The van der Waals surface area contributed by atoms with E-state index < -0.39 is 22.6 Å². The lowest BCUT2D eigenvalue weighted by atomic mass is 9.90. The smallest absolute Gasteiger partial charge is 0.330 e. The minimum atomic E-state index is -0.668. The van der Waals surface area contributed by atoms with Gasteiger partial charge in [-0.2, -0.15) is 0 Å². The molecule has 0 radical (unpaired) electrons. The molecule has 9 nitrogen and oxygen atoms in total. The van der Waals surface area contributed by atoms with Gasteiger partial charge in [-0.1, -0.05) is 34.1 Å². The predicted octanol–water partition coefficient (Wildman–Crippen LogP) is 1.56. The summed E-state index contributed by atoms with van der Waals surface area (Å²) < 4.78 is 1.31. The number of hydrogen-bond acceptors (Lipinski definition) is 5. The van der Waals surface area contributed by atoms with Crippen LogP contribution < -0.4 is 21.9 Å². The Morgan fingerprint density at radius 1 is 1.23 bits per heavy atom. The zero-order valence-corrected chi connectivity index (χ0v) is 18.8. The molecule has 168 valence electrons. The van der Waals surface area contributed by atoms with Gasteiger partial charge >= 0.3 is 5.69 Å². The number of rotatable bonds is 6. The van der Waals surface area contributed by atoms with E-state index in [-0.39, 0.29) is 29.9 Å². The fourth-order valence-corrected chi connectivity index (χ4v) is 3.86. The lowest BCUT2D eigenvalue weighted by molar-refractivity contribution is -0.142. The van der Waals surface area contributed by atoms with Crippen LogP contribution in [0.2, 0.25) is 0 Å². The summed E-state index contributed by atoms with van der Waals surface area (Å²) in [6.45, 7) is 10.9. The van der Waals surface area contributed by atoms with Crippen LogP contribution in [0.5, 0.6) is 0 Å². The molecule has 0 spiro atoms. The third kappa shape index (κ3) is 4.94. The molecule has 0 aliphatic carbocycles. The van der Waals surface area contributed by atoms with Crippen molar-refractivity contribution < 1.29 is 9.59 Å². The molecule has 1 aliphatic rings. The highest BCUT2D eigenvalue weighted by molar-refractivity contribution is 5.97. The molecule has 1 atom stereocenters. The lowest BCUT2D eigenvalue weighted by Crippen LogP contribution is -2.50. The topological polar surface area (TPSA) is 121 Å². The summed E-state index contributed by atoms with van der Waals surface area (Å²) in [7, 11) is 0. The minimum absolute atomic E-state index is 0.00540. The normalized spacial score (nSPS) is 17.1. The number of nitrogens with one attached hydrogen (secondary N) is 1. The number of piperidine rings is 1. The van der Waals surface area contributed by atoms with Crippen LogP contribution >= 0.6 is 0 Å². The number of nitrogens with zero attached hydrogens (tertiary/aromatic N) is 3. The van der Waals surface area contributed by atoms with E-state index in [1.807, 2.05) is 27.7 Å². The number of anilines is 2. The van der Waals surface area contributed by atoms with Crippen LogP contribution in [-0.2, 0) is 16.1 Å². The molecule has 30 heavy (non-hydrogen) atoms. The van der Waals surface area contributed by atoms with Crippen molar-refractivity contribution in [2.24, 2.45) is 11.3 Å². The quantitative estimate of drug-likeness (QED) is 0.722. The Labute approximate surface area is 177 Å². The molecule has 2 rings (SSSR count). The van der Waals surface area contributed by atoms with Crippen molar-refractivity contribution in [3.05, 3.63) is 20.8 Å². The van der Waals surface area contributed by atoms with Gasteiger partial charge in [0.15, 0.2) is 5.69 Å². The van der Waals surface area contributed by atoms with Gasteiger partial charge in [-0.05, 0) is 26.2 Å². The summed E-state index contributed by atoms with van der Waals surface area (Å²) in [5, 5.41) is 0. The van der Waals surface area contributed by atoms with Gasteiger partial charge in [-0.15, -0.1) is 0 Å². The molecule has 0 saturated carbocycles. The third-order valence-electron chi connectivity index (χ3n) is 5.50. The van der Waals surface area contributed by atoms with E-state index in [1.165, 1.54) is 9.47 Å². The van der Waals surface area contributed by atoms with Crippen molar-refractivity contribution in [1.82, 2.24) is 14.5 Å². The molecule has 3 N–H and O–H groups in total. The number of nitrogen functional groups attached to an aromatic ring is 1.